The zero-order valence-corrected chi connectivity index (χ0v) is 39.5. The SMILES string of the molecule is COC1CC(C[C@H]2C3CCCN4C(=O)C(=O)C5(O)O[C@@H](CCC5C)C[C@H](OC)/C(C)=C/C=C/C=C/[C@@H](C)CC(C)C(=O)[C@H](OC)C(O)/C(C)=C/[C@@H](C)C(=O)C[C@@H]2OC(=O)C34)CC[C@H]1O. The van der Waals surface area contributed by atoms with E-state index in [0.29, 0.717) is 69.8 Å². The van der Waals surface area contributed by atoms with Crippen LogP contribution in [0.4, 0.5) is 0 Å². The van der Waals surface area contributed by atoms with E-state index < -0.39 is 95.7 Å². The molecule has 4 aliphatic heterocycles. The highest BCUT2D eigenvalue weighted by Crippen LogP contribution is 2.45. The van der Waals surface area contributed by atoms with Gasteiger partial charge in [-0.25, -0.2) is 4.79 Å². The second-order valence-electron chi connectivity index (χ2n) is 19.5. The fourth-order valence-electron chi connectivity index (χ4n) is 10.9. The molecule has 0 aromatic heterocycles. The summed E-state index contributed by atoms with van der Waals surface area (Å²) in [7, 11) is 4.52. The number of hydrogen-bond acceptors (Lipinski definition) is 13. The van der Waals surface area contributed by atoms with Crippen LogP contribution in [0.15, 0.2) is 47.6 Å². The maximum absolute atomic E-state index is 14.4. The number of esters is 1. The summed E-state index contributed by atoms with van der Waals surface area (Å²) in [5.41, 5.74) is 1.28. The maximum Gasteiger partial charge on any atom is 0.329 e. The van der Waals surface area contributed by atoms with Gasteiger partial charge in [-0.05, 0) is 101 Å². The minimum atomic E-state index is -2.43. The van der Waals surface area contributed by atoms with Crippen molar-refractivity contribution in [3.05, 3.63) is 47.6 Å². The quantitative estimate of drug-likeness (QED) is 0.181. The van der Waals surface area contributed by atoms with Crippen molar-refractivity contribution in [3.63, 3.8) is 0 Å². The Morgan fingerprint density at radius 3 is 2.27 bits per heavy atom. The standard InChI is InChI=1S/C50H75NO13/c1-28-14-11-10-12-15-29(2)40(60-7)26-35-19-17-33(6)50(59,64-35)47(56)48(57)51-21-13-16-36-37(24-34-18-20-38(52)42(25-34)61-8)41(63-49(58)43(36)51)27-39(53)30(3)23-32(5)45(55)46(62-9)44(54)31(4)22-28/h10-12,14-15,23,28,30-31,33-38,40-43,45-46,52,55,59H,13,16-22,24-27H2,1-9H3/b12-10+,14-11+,29-15+,32-23+/t28-,30-,31?,33?,34?,35+,36?,37+,38-,40+,41+,42?,43?,45?,46+,50?/m1/s1. The third kappa shape index (κ3) is 12.0. The monoisotopic (exact) mass is 898 g/mol. The van der Waals surface area contributed by atoms with Gasteiger partial charge in [-0.15, -0.1) is 0 Å². The van der Waals surface area contributed by atoms with E-state index in [1.54, 1.807) is 41.1 Å². The van der Waals surface area contributed by atoms with E-state index in [9.17, 15) is 39.3 Å². The summed E-state index contributed by atoms with van der Waals surface area (Å²) in [6.07, 6.45) is 10.8. The third-order valence-corrected chi connectivity index (χ3v) is 14.9. The molecule has 5 rings (SSSR count). The number of rotatable bonds is 5. The lowest BCUT2D eigenvalue weighted by atomic mass is 9.68. The molecule has 4 bridgehead atoms. The molecular formula is C50H75NO13. The molecule has 3 saturated heterocycles. The van der Waals surface area contributed by atoms with Crippen LogP contribution in [0.3, 0.4) is 0 Å². The van der Waals surface area contributed by atoms with E-state index in [-0.39, 0.29) is 42.5 Å². The number of nitrogens with zero attached hydrogens (tertiary/aromatic N) is 1. The average molecular weight is 898 g/mol. The zero-order valence-electron chi connectivity index (χ0n) is 39.5. The van der Waals surface area contributed by atoms with E-state index in [0.717, 1.165) is 5.57 Å². The average Bonchev–Trinajstić information content (AvgIpc) is 3.27. The highest BCUT2D eigenvalue weighted by molar-refractivity contribution is 6.39. The summed E-state index contributed by atoms with van der Waals surface area (Å²) in [6, 6.07) is -1.12. The largest absolute Gasteiger partial charge is 0.460 e. The number of ketones is 3. The molecule has 14 nitrogen and oxygen atoms in total. The number of amides is 1. The Bertz CT molecular complexity index is 1790. The molecular weight excluding hydrogens is 823 g/mol. The summed E-state index contributed by atoms with van der Waals surface area (Å²) >= 11 is 0. The number of ether oxygens (including phenoxy) is 5. The molecule has 8 unspecified atom stereocenters. The molecule has 14 heteroatoms. The van der Waals surface area contributed by atoms with Gasteiger partial charge in [0.05, 0.1) is 24.4 Å². The van der Waals surface area contributed by atoms with E-state index in [1.807, 2.05) is 51.2 Å². The molecule has 5 aliphatic rings. The molecule has 3 N–H and O–H groups in total. The number of piperidine rings is 1. The van der Waals surface area contributed by atoms with Crippen LogP contribution >= 0.6 is 0 Å². The van der Waals surface area contributed by atoms with Gasteiger partial charge in [0.15, 0.2) is 5.78 Å². The molecule has 1 aliphatic carbocycles. The first-order valence-electron chi connectivity index (χ1n) is 23.5. The number of carbonyl (C=O) groups is 5. The predicted molar refractivity (Wildman–Crippen MR) is 238 cm³/mol. The number of Topliss-reactive ketones (excluding diaryl/α,β-unsaturated/α-hetero) is 3. The molecule has 1 saturated carbocycles. The first kappa shape index (κ1) is 51.6. The van der Waals surface area contributed by atoms with Crippen molar-refractivity contribution in [1.29, 1.82) is 0 Å². The summed E-state index contributed by atoms with van der Waals surface area (Å²) in [6.45, 7) is 10.9. The van der Waals surface area contributed by atoms with Crippen molar-refractivity contribution >= 4 is 29.2 Å². The Morgan fingerprint density at radius 1 is 0.844 bits per heavy atom. The van der Waals surface area contributed by atoms with Gasteiger partial charge in [-0.3, -0.25) is 19.2 Å². The molecule has 0 aromatic rings. The van der Waals surface area contributed by atoms with E-state index >= 15 is 0 Å². The fourth-order valence-corrected chi connectivity index (χ4v) is 10.9. The highest BCUT2D eigenvalue weighted by Gasteiger charge is 2.57. The lowest BCUT2D eigenvalue weighted by Crippen LogP contribution is -2.65. The number of aliphatic hydroxyl groups is 3. The molecule has 4 fully saturated rings. The maximum atomic E-state index is 14.4. The molecule has 1 amide bonds. The molecule has 0 spiro atoms. The molecule has 4 heterocycles. The smallest absolute Gasteiger partial charge is 0.329 e. The number of carbonyl (C=O) groups excluding carboxylic acids is 5. The first-order valence-corrected chi connectivity index (χ1v) is 23.5. The van der Waals surface area contributed by atoms with E-state index in [1.165, 1.54) is 12.0 Å². The molecule has 0 aromatic carbocycles. The second-order valence-corrected chi connectivity index (χ2v) is 19.5. The molecule has 358 valence electrons. The number of hydrogen-bond donors (Lipinski definition) is 3. The van der Waals surface area contributed by atoms with Crippen molar-refractivity contribution in [2.45, 2.75) is 167 Å². The topological polar surface area (TPSA) is 195 Å². The molecule has 16 atom stereocenters. The van der Waals surface area contributed by atoms with Crippen LogP contribution in [0.2, 0.25) is 0 Å². The van der Waals surface area contributed by atoms with Crippen molar-refractivity contribution < 1.29 is 63.0 Å². The van der Waals surface area contributed by atoms with Gasteiger partial charge in [0.25, 0.3) is 11.7 Å². The van der Waals surface area contributed by atoms with Crippen molar-refractivity contribution in [3.8, 4) is 0 Å². The van der Waals surface area contributed by atoms with E-state index in [2.05, 4.69) is 0 Å². The number of fused-ring (bicyclic) bond motifs is 4. The Morgan fingerprint density at radius 2 is 1.58 bits per heavy atom. The summed E-state index contributed by atoms with van der Waals surface area (Å²) in [5.74, 6) is -8.43. The third-order valence-electron chi connectivity index (χ3n) is 14.9. The Balaban J connectivity index is 1.51. The zero-order chi connectivity index (χ0) is 47.0. The summed E-state index contributed by atoms with van der Waals surface area (Å²) in [4.78, 5) is 72.0. The van der Waals surface area contributed by atoms with Gasteiger partial charge >= 0.3 is 5.97 Å². The number of allylic oxidation sites excluding steroid dienone is 6. The Kier molecular flexibility index (Phi) is 18.5. The van der Waals surface area contributed by atoms with Gasteiger partial charge in [0.1, 0.15) is 30.1 Å². The molecule has 64 heavy (non-hydrogen) atoms. The lowest BCUT2D eigenvalue weighted by molar-refractivity contribution is -0.266. The van der Waals surface area contributed by atoms with Crippen LogP contribution in [-0.4, -0.2) is 132 Å². The van der Waals surface area contributed by atoms with Crippen molar-refractivity contribution in [2.75, 3.05) is 27.9 Å². The van der Waals surface area contributed by atoms with Crippen molar-refractivity contribution in [2.24, 2.45) is 41.4 Å². The van der Waals surface area contributed by atoms with Crippen LogP contribution in [0, 0.1) is 41.4 Å². The van der Waals surface area contributed by atoms with Crippen LogP contribution in [-0.2, 0) is 47.7 Å². The lowest BCUT2D eigenvalue weighted by Gasteiger charge is -2.50. The van der Waals surface area contributed by atoms with Crippen LogP contribution in [0.25, 0.3) is 0 Å². The van der Waals surface area contributed by atoms with Gasteiger partial charge < -0.3 is 43.9 Å². The molecule has 0 radical (unpaired) electrons. The minimum absolute atomic E-state index is 0.0231. The van der Waals surface area contributed by atoms with Gasteiger partial charge in [-0.2, -0.15) is 0 Å². The van der Waals surface area contributed by atoms with E-state index in [4.69, 9.17) is 23.7 Å². The first-order chi connectivity index (χ1) is 30.3. The van der Waals surface area contributed by atoms with Crippen LogP contribution in [0.5, 0.6) is 0 Å². The van der Waals surface area contributed by atoms with Crippen LogP contribution in [0.1, 0.15) is 112 Å². The normalized spacial score (nSPS) is 43.2. The van der Waals surface area contributed by atoms with Gasteiger partial charge in [0.2, 0.25) is 5.79 Å². The van der Waals surface area contributed by atoms with Gasteiger partial charge in [-0.1, -0.05) is 64.2 Å². The van der Waals surface area contributed by atoms with Crippen LogP contribution < -0.4 is 0 Å². The second kappa shape index (κ2) is 22.9. The fraction of sp³-hybridized carbons (Fsp3) is 0.740. The van der Waals surface area contributed by atoms with Crippen molar-refractivity contribution in [1.82, 2.24) is 4.90 Å². The summed E-state index contributed by atoms with van der Waals surface area (Å²) < 4.78 is 29.4. The minimum Gasteiger partial charge on any atom is -0.460 e. The number of methoxy groups -OCH3 is 3. The highest BCUT2D eigenvalue weighted by atomic mass is 16.6. The Hall–Kier alpha value is -3.37. The number of aliphatic hydroxyl groups excluding tert-OH is 2. The van der Waals surface area contributed by atoms with Gasteiger partial charge in [0, 0.05) is 64.4 Å². The summed E-state index contributed by atoms with van der Waals surface area (Å²) in [5, 5.41) is 34.1. The predicted octanol–water partition coefficient (Wildman–Crippen LogP) is 5.40. The Labute approximate surface area is 379 Å².